The van der Waals surface area contributed by atoms with E-state index in [0.717, 1.165) is 4.90 Å². The molecule has 22 heavy (non-hydrogen) atoms. The van der Waals surface area contributed by atoms with Crippen LogP contribution in [0.4, 0.5) is 0 Å². The molecule has 2 rings (SSSR count). The van der Waals surface area contributed by atoms with E-state index < -0.39 is 0 Å². The lowest BCUT2D eigenvalue weighted by molar-refractivity contribution is 0.0446. The van der Waals surface area contributed by atoms with Gasteiger partial charge in [-0.05, 0) is 42.7 Å². The van der Waals surface area contributed by atoms with Crippen molar-refractivity contribution in [3.8, 4) is 11.8 Å². The van der Waals surface area contributed by atoms with Gasteiger partial charge in [0, 0.05) is 4.90 Å². The van der Waals surface area contributed by atoms with Crippen molar-refractivity contribution in [1.82, 2.24) is 0 Å². The van der Waals surface area contributed by atoms with Gasteiger partial charge in [-0.2, -0.15) is 5.26 Å². The smallest absolute Gasteiger partial charge is 0.339 e. The second kappa shape index (κ2) is 8.11. The first kappa shape index (κ1) is 15.9. The summed E-state index contributed by atoms with van der Waals surface area (Å²) >= 11 is 1.50. The molecule has 4 nitrogen and oxygen atoms in total. The van der Waals surface area contributed by atoms with Crippen LogP contribution in [0.25, 0.3) is 0 Å². The number of nitriles is 1. The summed E-state index contributed by atoms with van der Waals surface area (Å²) in [5.74, 6) is 0.285. The van der Waals surface area contributed by atoms with Gasteiger partial charge < -0.3 is 9.47 Å². The van der Waals surface area contributed by atoms with E-state index >= 15 is 0 Å². The SMILES string of the molecule is CSc1ccccc1C(=O)OCCOc1ccc(C#N)cc1. The van der Waals surface area contributed by atoms with Gasteiger partial charge in [0.15, 0.2) is 0 Å². The predicted molar refractivity (Wildman–Crippen MR) is 85.2 cm³/mol. The van der Waals surface area contributed by atoms with Crippen LogP contribution in [0.2, 0.25) is 0 Å². The van der Waals surface area contributed by atoms with Crippen molar-refractivity contribution in [1.29, 1.82) is 5.26 Å². The Kier molecular flexibility index (Phi) is 5.87. The van der Waals surface area contributed by atoms with Crippen molar-refractivity contribution in [2.24, 2.45) is 0 Å². The summed E-state index contributed by atoms with van der Waals surface area (Å²) in [6, 6.07) is 16.1. The number of carbonyl (C=O) groups is 1. The Morgan fingerprint density at radius 1 is 1.14 bits per heavy atom. The van der Waals surface area contributed by atoms with Gasteiger partial charge in [0.2, 0.25) is 0 Å². The molecular weight excluding hydrogens is 298 g/mol. The number of hydrogen-bond acceptors (Lipinski definition) is 5. The topological polar surface area (TPSA) is 59.3 Å². The van der Waals surface area contributed by atoms with Crippen LogP contribution in [-0.4, -0.2) is 25.4 Å². The summed E-state index contributed by atoms with van der Waals surface area (Å²) < 4.78 is 10.7. The molecule has 0 aliphatic carbocycles. The van der Waals surface area contributed by atoms with Gasteiger partial charge in [-0.3, -0.25) is 0 Å². The van der Waals surface area contributed by atoms with Crippen LogP contribution < -0.4 is 4.74 Å². The summed E-state index contributed by atoms with van der Waals surface area (Å²) in [5.41, 5.74) is 1.14. The first-order valence-electron chi connectivity index (χ1n) is 6.67. The second-order valence-corrected chi connectivity index (χ2v) is 5.17. The second-order valence-electron chi connectivity index (χ2n) is 4.32. The van der Waals surface area contributed by atoms with E-state index in [1.807, 2.05) is 30.5 Å². The molecular formula is C17H15NO3S. The Bertz CT molecular complexity index is 677. The summed E-state index contributed by atoms with van der Waals surface area (Å²) in [6.07, 6.45) is 1.92. The van der Waals surface area contributed by atoms with Gasteiger partial charge in [-0.1, -0.05) is 12.1 Å². The predicted octanol–water partition coefficient (Wildman–Crippen LogP) is 3.52. The molecule has 0 aromatic heterocycles. The van der Waals surface area contributed by atoms with Gasteiger partial charge in [0.25, 0.3) is 0 Å². The number of hydrogen-bond donors (Lipinski definition) is 0. The van der Waals surface area contributed by atoms with Crippen LogP contribution >= 0.6 is 11.8 Å². The highest BCUT2D eigenvalue weighted by Crippen LogP contribution is 2.20. The van der Waals surface area contributed by atoms with E-state index in [4.69, 9.17) is 14.7 Å². The minimum Gasteiger partial charge on any atom is -0.490 e. The molecule has 0 amide bonds. The van der Waals surface area contributed by atoms with Crippen molar-refractivity contribution in [3.05, 3.63) is 59.7 Å². The molecule has 0 unspecified atom stereocenters. The average Bonchev–Trinajstić information content (AvgIpc) is 2.59. The summed E-state index contributed by atoms with van der Waals surface area (Å²) in [5, 5.41) is 8.70. The highest BCUT2D eigenvalue weighted by Gasteiger charge is 2.11. The van der Waals surface area contributed by atoms with E-state index in [2.05, 4.69) is 0 Å². The molecule has 112 valence electrons. The Morgan fingerprint density at radius 3 is 2.55 bits per heavy atom. The minimum atomic E-state index is -0.353. The van der Waals surface area contributed by atoms with Crippen LogP contribution in [0.5, 0.6) is 5.75 Å². The molecule has 0 fully saturated rings. The van der Waals surface area contributed by atoms with Crippen molar-refractivity contribution in [2.45, 2.75) is 4.90 Å². The van der Waals surface area contributed by atoms with Crippen molar-refractivity contribution in [2.75, 3.05) is 19.5 Å². The van der Waals surface area contributed by atoms with Crippen molar-refractivity contribution >= 4 is 17.7 Å². The molecule has 5 heteroatoms. The number of benzene rings is 2. The first-order valence-corrected chi connectivity index (χ1v) is 7.90. The molecule has 0 spiro atoms. The van der Waals surface area contributed by atoms with Crippen molar-refractivity contribution in [3.63, 3.8) is 0 Å². The fourth-order valence-corrected chi connectivity index (χ4v) is 2.40. The van der Waals surface area contributed by atoms with E-state index in [1.54, 1.807) is 30.3 Å². The highest BCUT2D eigenvalue weighted by atomic mass is 32.2. The van der Waals surface area contributed by atoms with Crippen molar-refractivity contribution < 1.29 is 14.3 Å². The maximum atomic E-state index is 12.0. The molecule has 0 aliphatic rings. The van der Waals surface area contributed by atoms with E-state index in [0.29, 0.717) is 16.9 Å². The van der Waals surface area contributed by atoms with Gasteiger partial charge in [0.05, 0.1) is 17.2 Å². The van der Waals surface area contributed by atoms with E-state index in [1.165, 1.54) is 11.8 Å². The third-order valence-electron chi connectivity index (χ3n) is 2.90. The van der Waals surface area contributed by atoms with Crippen LogP contribution in [0.3, 0.4) is 0 Å². The quantitative estimate of drug-likeness (QED) is 0.464. The number of thioether (sulfide) groups is 1. The Labute approximate surface area is 133 Å². The number of ether oxygens (including phenoxy) is 2. The molecule has 0 aliphatic heterocycles. The molecule has 0 radical (unpaired) electrons. The molecule has 0 N–H and O–H groups in total. The minimum absolute atomic E-state index is 0.168. The first-order chi connectivity index (χ1) is 10.7. The summed E-state index contributed by atoms with van der Waals surface area (Å²) in [4.78, 5) is 12.9. The highest BCUT2D eigenvalue weighted by molar-refractivity contribution is 7.98. The molecule has 0 saturated heterocycles. The zero-order valence-electron chi connectivity index (χ0n) is 12.1. The van der Waals surface area contributed by atoms with Crippen LogP contribution in [-0.2, 0) is 4.74 Å². The maximum Gasteiger partial charge on any atom is 0.339 e. The zero-order chi connectivity index (χ0) is 15.8. The maximum absolute atomic E-state index is 12.0. The lowest BCUT2D eigenvalue weighted by atomic mass is 10.2. The molecule has 0 bridgehead atoms. The van der Waals surface area contributed by atoms with Crippen LogP contribution in [0, 0.1) is 11.3 Å². The van der Waals surface area contributed by atoms with Gasteiger partial charge in [-0.15, -0.1) is 11.8 Å². The molecule has 2 aromatic carbocycles. The number of rotatable bonds is 6. The number of carbonyl (C=O) groups excluding carboxylic acids is 1. The fraction of sp³-hybridized carbons (Fsp3) is 0.176. The monoisotopic (exact) mass is 313 g/mol. The molecule has 0 atom stereocenters. The van der Waals surface area contributed by atoms with Crippen LogP contribution in [0.15, 0.2) is 53.4 Å². The van der Waals surface area contributed by atoms with Gasteiger partial charge in [0.1, 0.15) is 19.0 Å². The lowest BCUT2D eigenvalue weighted by Crippen LogP contribution is -2.13. The Balaban J connectivity index is 1.81. The summed E-state index contributed by atoms with van der Waals surface area (Å²) in [6.45, 7) is 0.431. The lowest BCUT2D eigenvalue weighted by Gasteiger charge is -2.09. The molecule has 0 saturated carbocycles. The van der Waals surface area contributed by atoms with E-state index in [-0.39, 0.29) is 19.2 Å². The molecule has 2 aromatic rings. The fourth-order valence-electron chi connectivity index (χ4n) is 1.81. The number of esters is 1. The normalized spacial score (nSPS) is 9.82. The molecule has 0 heterocycles. The van der Waals surface area contributed by atoms with Crippen LogP contribution in [0.1, 0.15) is 15.9 Å². The van der Waals surface area contributed by atoms with Gasteiger partial charge in [-0.25, -0.2) is 4.79 Å². The Hall–Kier alpha value is -2.45. The van der Waals surface area contributed by atoms with Gasteiger partial charge >= 0.3 is 5.97 Å². The number of nitrogens with zero attached hydrogens (tertiary/aromatic N) is 1. The van der Waals surface area contributed by atoms with E-state index in [9.17, 15) is 4.79 Å². The largest absolute Gasteiger partial charge is 0.490 e. The summed E-state index contributed by atoms with van der Waals surface area (Å²) in [7, 11) is 0. The average molecular weight is 313 g/mol. The standard InChI is InChI=1S/C17H15NO3S/c1-22-16-5-3-2-4-15(16)17(19)21-11-10-20-14-8-6-13(12-18)7-9-14/h2-9H,10-11H2,1H3. The zero-order valence-corrected chi connectivity index (χ0v) is 12.9. The Morgan fingerprint density at radius 2 is 1.86 bits per heavy atom. The third kappa shape index (κ3) is 4.27. The third-order valence-corrected chi connectivity index (χ3v) is 3.69.